The maximum Gasteiger partial charge on any atom is 0.336 e. The third kappa shape index (κ3) is 3.00. The van der Waals surface area contributed by atoms with Crippen LogP contribution in [0.2, 0.25) is 0 Å². The van der Waals surface area contributed by atoms with Gasteiger partial charge in [-0.3, -0.25) is 9.36 Å². The van der Waals surface area contributed by atoms with Crippen molar-refractivity contribution in [3.63, 3.8) is 0 Å². The van der Waals surface area contributed by atoms with Crippen LogP contribution in [0.4, 0.5) is 0 Å². The number of thioether (sulfide) groups is 1. The van der Waals surface area contributed by atoms with Gasteiger partial charge >= 0.3 is 5.63 Å². The van der Waals surface area contributed by atoms with Gasteiger partial charge in [-0.2, -0.15) is 0 Å². The molecule has 4 aromatic rings. The highest BCUT2D eigenvalue weighted by Crippen LogP contribution is 2.30. The zero-order valence-corrected chi connectivity index (χ0v) is 15.5. The van der Waals surface area contributed by atoms with Gasteiger partial charge in [-0.25, -0.2) is 9.78 Å². The molecule has 0 aliphatic rings. The maximum absolute atomic E-state index is 12.5. The molecule has 2 aromatic carbocycles. The Morgan fingerprint density at radius 2 is 1.93 bits per heavy atom. The van der Waals surface area contributed by atoms with Crippen molar-refractivity contribution in [1.29, 1.82) is 0 Å². The highest BCUT2D eigenvalue weighted by molar-refractivity contribution is 7.98. The Bertz CT molecular complexity index is 1310. The second kappa shape index (κ2) is 6.59. The van der Waals surface area contributed by atoms with Crippen molar-refractivity contribution in [2.45, 2.75) is 17.8 Å². The first kappa shape index (κ1) is 17.4. The molecule has 1 N–H and O–H groups in total. The molecule has 136 valence electrons. The van der Waals surface area contributed by atoms with E-state index in [4.69, 9.17) is 4.42 Å². The molecule has 0 fully saturated rings. The summed E-state index contributed by atoms with van der Waals surface area (Å²) in [6.07, 6.45) is 0. The average molecular weight is 380 g/mol. The lowest BCUT2D eigenvalue weighted by molar-refractivity contribution is 0.468. The molecule has 0 bridgehead atoms. The molecule has 4 rings (SSSR count). The van der Waals surface area contributed by atoms with Crippen LogP contribution in [0.25, 0.3) is 21.9 Å². The normalized spacial score (nSPS) is 11.3. The van der Waals surface area contributed by atoms with Gasteiger partial charge in [0.15, 0.2) is 5.16 Å². The van der Waals surface area contributed by atoms with Crippen molar-refractivity contribution in [3.05, 3.63) is 74.4 Å². The topological polar surface area (TPSA) is 85.3 Å². The largest absolute Gasteiger partial charge is 0.508 e. The Labute approximate surface area is 158 Å². The van der Waals surface area contributed by atoms with E-state index in [2.05, 4.69) is 4.98 Å². The van der Waals surface area contributed by atoms with E-state index < -0.39 is 5.63 Å². The summed E-state index contributed by atoms with van der Waals surface area (Å²) in [6.45, 7) is 1.70. The Kier molecular flexibility index (Phi) is 4.24. The van der Waals surface area contributed by atoms with Gasteiger partial charge in [-0.1, -0.05) is 23.9 Å². The number of phenolic OH excluding ortho intramolecular Hbond substituents is 1. The fourth-order valence-electron chi connectivity index (χ4n) is 3.00. The summed E-state index contributed by atoms with van der Waals surface area (Å²) in [5, 5.41) is 11.7. The van der Waals surface area contributed by atoms with Gasteiger partial charge in [0.25, 0.3) is 5.56 Å². The van der Waals surface area contributed by atoms with Crippen LogP contribution >= 0.6 is 11.8 Å². The zero-order valence-electron chi connectivity index (χ0n) is 14.7. The minimum atomic E-state index is -0.479. The Hall–Kier alpha value is -3.06. The number of rotatable bonds is 3. The molecule has 0 radical (unpaired) electrons. The van der Waals surface area contributed by atoms with E-state index in [1.54, 1.807) is 38.2 Å². The molecule has 6 nitrogen and oxygen atoms in total. The number of nitrogens with zero attached hydrogens (tertiary/aromatic N) is 2. The first-order valence-electron chi connectivity index (χ1n) is 8.29. The van der Waals surface area contributed by atoms with Gasteiger partial charge in [0.2, 0.25) is 0 Å². The number of aromatic hydroxyl groups is 1. The summed E-state index contributed by atoms with van der Waals surface area (Å²) >= 11 is 1.37. The molecule has 27 heavy (non-hydrogen) atoms. The number of aryl methyl sites for hydroxylation is 1. The third-order valence-corrected chi connectivity index (χ3v) is 5.60. The molecule has 0 spiro atoms. The molecule has 0 atom stereocenters. The highest BCUT2D eigenvalue weighted by atomic mass is 32.2. The molecule has 0 saturated carbocycles. The van der Waals surface area contributed by atoms with Crippen LogP contribution in [0.15, 0.2) is 61.6 Å². The Balaban J connectivity index is 1.78. The number of aromatic nitrogens is 2. The molecular formula is C20H16N2O4S. The van der Waals surface area contributed by atoms with Gasteiger partial charge in [0, 0.05) is 29.8 Å². The van der Waals surface area contributed by atoms with E-state index in [1.807, 2.05) is 12.1 Å². The van der Waals surface area contributed by atoms with Crippen molar-refractivity contribution in [2.24, 2.45) is 7.05 Å². The highest BCUT2D eigenvalue weighted by Gasteiger charge is 2.13. The first-order valence-corrected chi connectivity index (χ1v) is 9.28. The van der Waals surface area contributed by atoms with Crippen LogP contribution in [-0.2, 0) is 12.8 Å². The Morgan fingerprint density at radius 3 is 2.74 bits per heavy atom. The monoisotopic (exact) mass is 380 g/mol. The minimum Gasteiger partial charge on any atom is -0.508 e. The summed E-state index contributed by atoms with van der Waals surface area (Å²) in [6, 6.07) is 12.0. The molecule has 0 amide bonds. The number of benzene rings is 2. The second-order valence-corrected chi connectivity index (χ2v) is 7.18. The molecule has 2 heterocycles. The fourth-order valence-corrected chi connectivity index (χ4v) is 3.97. The quantitative estimate of drug-likeness (QED) is 0.333. The van der Waals surface area contributed by atoms with Crippen molar-refractivity contribution in [1.82, 2.24) is 9.55 Å². The van der Waals surface area contributed by atoms with Crippen LogP contribution in [0.5, 0.6) is 5.75 Å². The Morgan fingerprint density at radius 1 is 1.15 bits per heavy atom. The number of para-hydroxylation sites is 1. The lowest BCUT2D eigenvalue weighted by Gasteiger charge is -2.10. The first-order chi connectivity index (χ1) is 13.0. The van der Waals surface area contributed by atoms with Crippen LogP contribution in [0.1, 0.15) is 11.1 Å². The van der Waals surface area contributed by atoms with Crippen LogP contribution in [0.3, 0.4) is 0 Å². The smallest absolute Gasteiger partial charge is 0.336 e. The van der Waals surface area contributed by atoms with Crippen molar-refractivity contribution in [3.8, 4) is 5.75 Å². The van der Waals surface area contributed by atoms with Gasteiger partial charge in [0.05, 0.1) is 10.9 Å². The predicted octanol–water partition coefficient (Wildman–Crippen LogP) is 3.35. The molecule has 2 aromatic heterocycles. The molecule has 7 heteroatoms. The summed E-state index contributed by atoms with van der Waals surface area (Å²) in [4.78, 5) is 29.0. The zero-order chi connectivity index (χ0) is 19.1. The van der Waals surface area contributed by atoms with Crippen molar-refractivity contribution >= 4 is 33.6 Å². The third-order valence-electron chi connectivity index (χ3n) is 4.52. The van der Waals surface area contributed by atoms with E-state index in [1.165, 1.54) is 22.4 Å². The molecule has 0 saturated heterocycles. The van der Waals surface area contributed by atoms with E-state index in [9.17, 15) is 14.7 Å². The molecule has 0 unspecified atom stereocenters. The summed E-state index contributed by atoms with van der Waals surface area (Å²) in [7, 11) is 1.68. The minimum absolute atomic E-state index is 0.0778. The van der Waals surface area contributed by atoms with Crippen LogP contribution in [-0.4, -0.2) is 14.7 Å². The van der Waals surface area contributed by atoms with Gasteiger partial charge in [0.1, 0.15) is 11.3 Å². The standard InChI is InChI=1S/C20H16N2O4S/c1-11-16(23)8-7-13-12(9-17(24)26-18(11)13)10-27-20-21-15-6-4-3-5-14(15)19(25)22(20)2/h3-9,23H,10H2,1-2H3. The number of fused-ring (bicyclic) bond motifs is 2. The molecule has 0 aliphatic carbocycles. The van der Waals surface area contributed by atoms with Gasteiger partial charge < -0.3 is 9.52 Å². The van der Waals surface area contributed by atoms with Crippen LogP contribution in [0, 0.1) is 6.92 Å². The van der Waals surface area contributed by atoms with Crippen molar-refractivity contribution in [2.75, 3.05) is 0 Å². The predicted molar refractivity (Wildman–Crippen MR) is 105 cm³/mol. The second-order valence-electron chi connectivity index (χ2n) is 6.24. The number of hydrogen-bond donors (Lipinski definition) is 1. The average Bonchev–Trinajstić information content (AvgIpc) is 2.66. The summed E-state index contributed by atoms with van der Waals surface area (Å²) in [5.41, 5.74) is 1.71. The number of hydrogen-bond acceptors (Lipinski definition) is 6. The summed E-state index contributed by atoms with van der Waals surface area (Å²) in [5.74, 6) is 0.513. The lowest BCUT2D eigenvalue weighted by Crippen LogP contribution is -2.19. The fraction of sp³-hybridized carbons (Fsp3) is 0.150. The molecule has 0 aliphatic heterocycles. The number of phenols is 1. The molecular weight excluding hydrogens is 364 g/mol. The van der Waals surface area contributed by atoms with Gasteiger partial charge in [-0.05, 0) is 36.8 Å². The van der Waals surface area contributed by atoms with Crippen LogP contribution < -0.4 is 11.2 Å². The van der Waals surface area contributed by atoms with E-state index >= 15 is 0 Å². The van der Waals surface area contributed by atoms with Gasteiger partial charge in [-0.15, -0.1) is 0 Å². The van der Waals surface area contributed by atoms with Crippen molar-refractivity contribution < 1.29 is 9.52 Å². The maximum atomic E-state index is 12.5. The SMILES string of the molecule is Cc1c(O)ccc2c(CSc3nc4ccccc4c(=O)n3C)cc(=O)oc12. The van der Waals surface area contributed by atoms with E-state index in [-0.39, 0.29) is 11.3 Å². The summed E-state index contributed by atoms with van der Waals surface area (Å²) < 4.78 is 6.78. The van der Waals surface area contributed by atoms with E-state index in [0.717, 1.165) is 10.9 Å². The van der Waals surface area contributed by atoms with E-state index in [0.29, 0.717) is 33.0 Å². The lowest BCUT2D eigenvalue weighted by atomic mass is 10.1.